The van der Waals surface area contributed by atoms with E-state index in [2.05, 4.69) is 4.74 Å². The van der Waals surface area contributed by atoms with Crippen LogP contribution in [0.15, 0.2) is 36.1 Å². The number of hydrogen-bond acceptors (Lipinski definition) is 3. The molecule has 3 nitrogen and oxygen atoms in total. The first kappa shape index (κ1) is 12.1. The van der Waals surface area contributed by atoms with Gasteiger partial charge in [-0.1, -0.05) is 30.3 Å². The molecule has 0 unspecified atom stereocenters. The highest BCUT2D eigenvalue weighted by Crippen LogP contribution is 2.21. The monoisotopic (exact) mass is 231 g/mol. The second-order valence-electron chi connectivity index (χ2n) is 2.75. The molecule has 0 radical (unpaired) electrons. The molecule has 1 aromatic carbocycles. The lowest BCUT2D eigenvalue weighted by atomic mass is 10.2. The molecule has 0 atom stereocenters. The summed E-state index contributed by atoms with van der Waals surface area (Å²) in [5, 5.41) is 10.4. The van der Waals surface area contributed by atoms with E-state index >= 15 is 0 Å². The molecule has 1 aromatic rings. The Morgan fingerprint density at radius 3 is 2.25 bits per heavy atom. The summed E-state index contributed by atoms with van der Waals surface area (Å²) in [5.41, 5.74) is 0.269. The number of hydrogen-bond donors (Lipinski definition) is 0. The van der Waals surface area contributed by atoms with Gasteiger partial charge in [0.1, 0.15) is 5.97 Å². The topological polar surface area (TPSA) is 49.4 Å². The van der Waals surface area contributed by atoms with Gasteiger partial charge in [-0.25, -0.2) is 0 Å². The van der Waals surface area contributed by atoms with Crippen molar-refractivity contribution >= 4 is 12.0 Å². The SMILES string of the molecule is O=C([O-])C(=Cc1ccccc1)OC(F)(F)F. The molecule has 0 saturated heterocycles. The fourth-order valence-corrected chi connectivity index (χ4v) is 0.955. The molecule has 0 aliphatic rings. The predicted molar refractivity (Wildman–Crippen MR) is 46.6 cm³/mol. The van der Waals surface area contributed by atoms with Crippen molar-refractivity contribution in [3.63, 3.8) is 0 Å². The minimum Gasteiger partial charge on any atom is -0.542 e. The van der Waals surface area contributed by atoms with Gasteiger partial charge in [-0.15, -0.1) is 13.2 Å². The van der Waals surface area contributed by atoms with Crippen LogP contribution < -0.4 is 5.11 Å². The molecule has 0 bridgehead atoms. The molecule has 0 aliphatic heterocycles. The van der Waals surface area contributed by atoms with Gasteiger partial charge in [0.15, 0.2) is 5.76 Å². The summed E-state index contributed by atoms with van der Waals surface area (Å²) in [6.07, 6.45) is -4.32. The van der Waals surface area contributed by atoms with Crippen LogP contribution >= 0.6 is 0 Å². The molecule has 0 aromatic heterocycles. The van der Waals surface area contributed by atoms with E-state index in [1.807, 2.05) is 0 Å². The van der Waals surface area contributed by atoms with E-state index in [-0.39, 0.29) is 5.56 Å². The van der Waals surface area contributed by atoms with Crippen LogP contribution in [0.4, 0.5) is 13.2 Å². The fraction of sp³-hybridized carbons (Fsp3) is 0.100. The highest BCUT2D eigenvalue weighted by Gasteiger charge is 2.32. The van der Waals surface area contributed by atoms with E-state index in [9.17, 15) is 23.1 Å². The standard InChI is InChI=1S/C10H7F3O3/c11-10(12,13)16-8(9(14)15)6-7-4-2-1-3-5-7/h1-6H,(H,14,15)/p-1. The highest BCUT2D eigenvalue weighted by molar-refractivity contribution is 5.88. The van der Waals surface area contributed by atoms with Crippen molar-refractivity contribution in [1.82, 2.24) is 0 Å². The molecule has 0 fully saturated rings. The van der Waals surface area contributed by atoms with Crippen LogP contribution in [0, 0.1) is 0 Å². The number of ether oxygens (including phenoxy) is 1. The average molecular weight is 231 g/mol. The van der Waals surface area contributed by atoms with Crippen LogP contribution in [-0.2, 0) is 9.53 Å². The Morgan fingerprint density at radius 1 is 1.25 bits per heavy atom. The van der Waals surface area contributed by atoms with Gasteiger partial charge in [-0.2, -0.15) is 0 Å². The minimum absolute atomic E-state index is 0.269. The zero-order chi connectivity index (χ0) is 12.2. The molecular weight excluding hydrogens is 225 g/mol. The van der Waals surface area contributed by atoms with Gasteiger partial charge in [0.25, 0.3) is 0 Å². The van der Waals surface area contributed by atoms with Crippen molar-refractivity contribution in [3.8, 4) is 0 Å². The summed E-state index contributed by atoms with van der Waals surface area (Å²) < 4.78 is 38.7. The van der Waals surface area contributed by atoms with Crippen molar-refractivity contribution in [2.24, 2.45) is 0 Å². The molecule has 0 saturated carbocycles. The summed E-state index contributed by atoms with van der Waals surface area (Å²) in [7, 11) is 0. The van der Waals surface area contributed by atoms with Crippen LogP contribution in [0.1, 0.15) is 5.56 Å². The second-order valence-corrected chi connectivity index (χ2v) is 2.75. The zero-order valence-corrected chi connectivity index (χ0v) is 7.82. The number of halogens is 3. The number of carboxylic acids is 1. The van der Waals surface area contributed by atoms with Gasteiger partial charge in [0.2, 0.25) is 0 Å². The molecule has 86 valence electrons. The molecule has 0 amide bonds. The van der Waals surface area contributed by atoms with Gasteiger partial charge in [-0.05, 0) is 11.6 Å². The van der Waals surface area contributed by atoms with Crippen LogP contribution in [0.2, 0.25) is 0 Å². The fourth-order valence-electron chi connectivity index (χ4n) is 0.955. The Bertz CT molecular complexity index is 396. The Balaban J connectivity index is 2.95. The molecule has 1 rings (SSSR count). The lowest BCUT2D eigenvalue weighted by Gasteiger charge is -2.13. The first-order chi connectivity index (χ1) is 7.38. The second kappa shape index (κ2) is 4.69. The van der Waals surface area contributed by atoms with Crippen LogP contribution in [0.3, 0.4) is 0 Å². The van der Waals surface area contributed by atoms with E-state index < -0.39 is 18.1 Å². The number of carbonyl (C=O) groups excluding carboxylic acids is 1. The van der Waals surface area contributed by atoms with Crippen LogP contribution in [0.25, 0.3) is 6.08 Å². The number of rotatable bonds is 3. The third-order valence-electron chi connectivity index (χ3n) is 1.52. The minimum atomic E-state index is -5.05. The number of benzene rings is 1. The van der Waals surface area contributed by atoms with Crippen molar-refractivity contribution in [3.05, 3.63) is 41.7 Å². The third-order valence-corrected chi connectivity index (χ3v) is 1.52. The summed E-state index contributed by atoms with van der Waals surface area (Å²) in [4.78, 5) is 10.4. The third kappa shape index (κ3) is 4.04. The Morgan fingerprint density at radius 2 is 1.81 bits per heavy atom. The molecule has 0 heterocycles. The molecule has 0 aliphatic carbocycles. The van der Waals surface area contributed by atoms with E-state index in [1.54, 1.807) is 18.2 Å². The lowest BCUT2D eigenvalue weighted by Crippen LogP contribution is -2.29. The Hall–Kier alpha value is -1.98. The summed E-state index contributed by atoms with van der Waals surface area (Å²) in [5.74, 6) is -3.31. The maximum absolute atomic E-state index is 11.8. The van der Waals surface area contributed by atoms with Crippen molar-refractivity contribution in [1.29, 1.82) is 0 Å². The van der Waals surface area contributed by atoms with Gasteiger partial charge < -0.3 is 14.6 Å². The van der Waals surface area contributed by atoms with Gasteiger partial charge in [-0.3, -0.25) is 0 Å². The molecule has 0 N–H and O–H groups in total. The van der Waals surface area contributed by atoms with E-state index in [0.29, 0.717) is 0 Å². The van der Waals surface area contributed by atoms with Gasteiger partial charge >= 0.3 is 6.36 Å². The zero-order valence-electron chi connectivity index (χ0n) is 7.82. The number of carboxylic acid groups (broad SMARTS) is 1. The largest absolute Gasteiger partial charge is 0.573 e. The van der Waals surface area contributed by atoms with Crippen LogP contribution in [-0.4, -0.2) is 12.3 Å². The van der Waals surface area contributed by atoms with E-state index in [4.69, 9.17) is 0 Å². The molecular formula is C10H6F3O3-. The Kier molecular flexibility index (Phi) is 3.55. The lowest BCUT2D eigenvalue weighted by molar-refractivity contribution is -0.332. The van der Waals surface area contributed by atoms with Gasteiger partial charge in [0, 0.05) is 0 Å². The van der Waals surface area contributed by atoms with Gasteiger partial charge in [0.05, 0.1) is 0 Å². The number of aliphatic carboxylic acids is 1. The number of carbonyl (C=O) groups is 1. The Labute approximate surface area is 88.8 Å². The first-order valence-corrected chi connectivity index (χ1v) is 4.12. The average Bonchev–Trinajstić information content (AvgIpc) is 2.16. The summed E-state index contributed by atoms with van der Waals surface area (Å²) in [6, 6.07) is 7.60. The van der Waals surface area contributed by atoms with E-state index in [1.165, 1.54) is 12.1 Å². The molecule has 16 heavy (non-hydrogen) atoms. The van der Waals surface area contributed by atoms with E-state index in [0.717, 1.165) is 6.08 Å². The maximum atomic E-state index is 11.8. The van der Waals surface area contributed by atoms with Crippen molar-refractivity contribution in [2.75, 3.05) is 0 Å². The summed E-state index contributed by atoms with van der Waals surface area (Å²) >= 11 is 0. The summed E-state index contributed by atoms with van der Waals surface area (Å²) in [6.45, 7) is 0. The van der Waals surface area contributed by atoms with Crippen molar-refractivity contribution in [2.45, 2.75) is 6.36 Å². The highest BCUT2D eigenvalue weighted by atomic mass is 19.4. The molecule has 0 spiro atoms. The quantitative estimate of drug-likeness (QED) is 0.582. The van der Waals surface area contributed by atoms with Crippen molar-refractivity contribution < 1.29 is 27.8 Å². The molecule has 6 heteroatoms. The van der Waals surface area contributed by atoms with Crippen LogP contribution in [0.5, 0.6) is 0 Å². The number of alkyl halides is 3. The smallest absolute Gasteiger partial charge is 0.542 e. The normalized spacial score (nSPS) is 12.3. The maximum Gasteiger partial charge on any atom is 0.573 e. The first-order valence-electron chi connectivity index (χ1n) is 4.12. The predicted octanol–water partition coefficient (Wildman–Crippen LogP) is 1.31.